The molecule has 1 heterocycles. The Bertz CT molecular complexity index is 1310. The van der Waals surface area contributed by atoms with E-state index in [9.17, 15) is 29.1 Å². The molecular weight excluding hydrogens is 566 g/mol. The van der Waals surface area contributed by atoms with Crippen LogP contribution in [-0.4, -0.2) is 77.9 Å². The first-order valence-electron chi connectivity index (χ1n) is 14.6. The van der Waals surface area contributed by atoms with Gasteiger partial charge in [-0.15, -0.1) is 0 Å². The molecule has 0 aromatic heterocycles. The first kappa shape index (κ1) is 33.6. The number of urea groups is 1. The molecule has 8 N–H and O–H groups in total. The van der Waals surface area contributed by atoms with Gasteiger partial charge in [0.1, 0.15) is 24.4 Å². The molecule has 2 unspecified atom stereocenters. The minimum Gasteiger partial charge on any atom is -0.480 e. The first-order valence-corrected chi connectivity index (χ1v) is 14.6. The number of carbonyl (C=O) groups is 5. The van der Waals surface area contributed by atoms with Crippen molar-refractivity contribution in [2.24, 2.45) is 16.6 Å². The maximum Gasteiger partial charge on any atom is 0.326 e. The molecule has 13 heteroatoms. The molecule has 44 heavy (non-hydrogen) atoms. The Morgan fingerprint density at radius 1 is 0.909 bits per heavy atom. The molecule has 0 aliphatic carbocycles. The maximum atomic E-state index is 13.7. The van der Waals surface area contributed by atoms with Crippen LogP contribution in [0.5, 0.6) is 0 Å². The average molecular weight is 608 g/mol. The maximum absolute atomic E-state index is 13.7. The monoisotopic (exact) mass is 607 g/mol. The Morgan fingerprint density at radius 3 is 2.07 bits per heavy atom. The second-order valence-corrected chi connectivity index (χ2v) is 11.1. The topological polar surface area (TPSA) is 204 Å². The van der Waals surface area contributed by atoms with Gasteiger partial charge in [-0.25, -0.2) is 9.59 Å². The molecule has 2 aromatic rings. The largest absolute Gasteiger partial charge is 0.480 e. The predicted octanol–water partition coefficient (Wildman–Crippen LogP) is 0.484. The fraction of sp³-hybridized carbons (Fsp3) is 0.419. The van der Waals surface area contributed by atoms with E-state index in [1.807, 2.05) is 44.2 Å². The molecule has 5 atom stereocenters. The fourth-order valence-corrected chi connectivity index (χ4v) is 4.87. The summed E-state index contributed by atoms with van der Waals surface area (Å²) in [5.74, 6) is -2.40. The minimum atomic E-state index is -1.27. The standard InChI is InChI=1S/C31H41N7O6/c1-19(2)15-24(27(40)34-22(18-39)16-20-9-5-3-6-10-20)35-28(41)26(23-13-14-33-30(32)36-23)38-31(44)37-25(29(42)43)17-21-11-7-4-8-12-21/h3-12,18-19,22-26H,13-17H2,1-2H3,(H,34,40)(H,35,41)(H,42,43)(H3,32,33,36)(H2,37,38,44)/t22-,23?,24?,25-,26-/m0/s1. The number of hydrogen-bond acceptors (Lipinski definition) is 8. The second-order valence-electron chi connectivity index (χ2n) is 11.1. The molecule has 1 aliphatic heterocycles. The van der Waals surface area contributed by atoms with E-state index in [1.165, 1.54) is 0 Å². The molecule has 0 bridgehead atoms. The van der Waals surface area contributed by atoms with E-state index in [0.717, 1.165) is 5.56 Å². The number of hydrogen-bond donors (Lipinski definition) is 7. The number of aldehydes is 1. The summed E-state index contributed by atoms with van der Waals surface area (Å²) in [6.07, 6.45) is 1.54. The molecule has 0 saturated carbocycles. The van der Waals surface area contributed by atoms with Crippen molar-refractivity contribution in [2.45, 2.75) is 69.7 Å². The van der Waals surface area contributed by atoms with Crippen LogP contribution in [0.15, 0.2) is 65.7 Å². The molecule has 13 nitrogen and oxygen atoms in total. The molecular formula is C31H41N7O6. The number of amides is 4. The summed E-state index contributed by atoms with van der Waals surface area (Å²) in [6, 6.07) is 12.1. The van der Waals surface area contributed by atoms with Gasteiger partial charge in [0.05, 0.1) is 12.1 Å². The molecule has 1 aliphatic rings. The van der Waals surface area contributed by atoms with Gasteiger partial charge in [0.15, 0.2) is 5.96 Å². The summed E-state index contributed by atoms with van der Waals surface area (Å²) < 4.78 is 0. The zero-order valence-corrected chi connectivity index (χ0v) is 24.9. The number of aliphatic imine (C=N–C) groups is 1. The SMILES string of the molecule is CC(C)CC(NC(=O)[C@@H](NC(=O)N[C@@H](Cc1ccccc1)C(=O)O)C1CCN=C(N)N1)C(=O)N[C@H](C=O)Cc1ccccc1. The quantitative estimate of drug-likeness (QED) is 0.142. The molecule has 2 aromatic carbocycles. The van der Waals surface area contributed by atoms with E-state index in [2.05, 4.69) is 31.6 Å². The van der Waals surface area contributed by atoms with E-state index >= 15 is 0 Å². The van der Waals surface area contributed by atoms with Crippen molar-refractivity contribution < 1.29 is 29.1 Å². The number of benzene rings is 2. The fourth-order valence-electron chi connectivity index (χ4n) is 4.87. The van der Waals surface area contributed by atoms with E-state index in [-0.39, 0.29) is 31.1 Å². The third kappa shape index (κ3) is 10.7. The molecule has 236 valence electrons. The zero-order chi connectivity index (χ0) is 32.1. The Morgan fingerprint density at radius 2 is 1.52 bits per heavy atom. The summed E-state index contributed by atoms with van der Waals surface area (Å²) in [6.45, 7) is 4.06. The van der Waals surface area contributed by atoms with Crippen molar-refractivity contribution in [3.05, 3.63) is 71.8 Å². The molecule has 0 saturated heterocycles. The van der Waals surface area contributed by atoms with Gasteiger partial charge in [-0.05, 0) is 36.3 Å². The Balaban J connectivity index is 1.75. The highest BCUT2D eigenvalue weighted by atomic mass is 16.4. The van der Waals surface area contributed by atoms with Gasteiger partial charge in [-0.2, -0.15) is 0 Å². The van der Waals surface area contributed by atoms with Crippen LogP contribution < -0.4 is 32.3 Å². The molecule has 0 fully saturated rings. The van der Waals surface area contributed by atoms with Crippen LogP contribution in [0.1, 0.15) is 37.8 Å². The number of rotatable bonds is 15. The van der Waals surface area contributed by atoms with Crippen LogP contribution >= 0.6 is 0 Å². The van der Waals surface area contributed by atoms with Crippen molar-refractivity contribution in [3.8, 4) is 0 Å². The molecule has 4 amide bonds. The average Bonchev–Trinajstić information content (AvgIpc) is 2.99. The molecule has 0 radical (unpaired) electrons. The van der Waals surface area contributed by atoms with Crippen LogP contribution in [0.25, 0.3) is 0 Å². The zero-order valence-electron chi connectivity index (χ0n) is 24.9. The van der Waals surface area contributed by atoms with E-state index in [0.29, 0.717) is 24.8 Å². The summed E-state index contributed by atoms with van der Waals surface area (Å²) in [4.78, 5) is 67.9. The number of aliphatic carboxylic acids is 1. The number of carboxylic acid groups (broad SMARTS) is 1. The van der Waals surface area contributed by atoms with Crippen LogP contribution in [0.4, 0.5) is 4.79 Å². The number of carboxylic acids is 1. The third-order valence-electron chi connectivity index (χ3n) is 7.04. The van der Waals surface area contributed by atoms with Crippen molar-refractivity contribution in [1.82, 2.24) is 26.6 Å². The van der Waals surface area contributed by atoms with Gasteiger partial charge in [0.2, 0.25) is 11.8 Å². The number of nitrogens with one attached hydrogen (secondary N) is 5. The van der Waals surface area contributed by atoms with Gasteiger partial charge in [0, 0.05) is 13.0 Å². The van der Waals surface area contributed by atoms with E-state index in [4.69, 9.17) is 5.73 Å². The van der Waals surface area contributed by atoms with E-state index in [1.54, 1.807) is 30.3 Å². The van der Waals surface area contributed by atoms with Crippen molar-refractivity contribution >= 4 is 36.1 Å². The van der Waals surface area contributed by atoms with Gasteiger partial charge in [-0.3, -0.25) is 14.6 Å². The summed E-state index contributed by atoms with van der Waals surface area (Å²) in [7, 11) is 0. The van der Waals surface area contributed by atoms with Crippen LogP contribution in [0, 0.1) is 5.92 Å². The van der Waals surface area contributed by atoms with Gasteiger partial charge >= 0.3 is 12.0 Å². The normalized spacial score (nSPS) is 17.1. The Labute approximate surface area is 256 Å². The minimum absolute atomic E-state index is 0.00513. The van der Waals surface area contributed by atoms with Crippen LogP contribution in [0.3, 0.4) is 0 Å². The van der Waals surface area contributed by atoms with Crippen molar-refractivity contribution in [2.75, 3.05) is 6.54 Å². The Hall–Kier alpha value is -4.94. The smallest absolute Gasteiger partial charge is 0.326 e. The van der Waals surface area contributed by atoms with Gasteiger partial charge in [0.25, 0.3) is 0 Å². The lowest BCUT2D eigenvalue weighted by Crippen LogP contribution is -2.64. The highest BCUT2D eigenvalue weighted by molar-refractivity contribution is 5.94. The van der Waals surface area contributed by atoms with Crippen LogP contribution in [0.2, 0.25) is 0 Å². The molecule has 3 rings (SSSR count). The summed E-state index contributed by atoms with van der Waals surface area (Å²) in [5, 5.41) is 23.1. The summed E-state index contributed by atoms with van der Waals surface area (Å²) >= 11 is 0. The van der Waals surface area contributed by atoms with Gasteiger partial charge < -0.3 is 42.2 Å². The lowest BCUT2D eigenvalue weighted by molar-refractivity contribution is -0.139. The highest BCUT2D eigenvalue weighted by Crippen LogP contribution is 2.11. The number of nitrogens with zero attached hydrogens (tertiary/aromatic N) is 1. The van der Waals surface area contributed by atoms with Gasteiger partial charge in [-0.1, -0.05) is 74.5 Å². The number of guanidine groups is 1. The van der Waals surface area contributed by atoms with Crippen LogP contribution in [-0.2, 0) is 32.0 Å². The first-order chi connectivity index (χ1) is 21.0. The predicted molar refractivity (Wildman–Crippen MR) is 165 cm³/mol. The van der Waals surface area contributed by atoms with Crippen molar-refractivity contribution in [3.63, 3.8) is 0 Å². The second kappa shape index (κ2) is 16.6. The summed E-state index contributed by atoms with van der Waals surface area (Å²) in [5.41, 5.74) is 7.42. The lowest BCUT2D eigenvalue weighted by Gasteiger charge is -2.32. The molecule has 0 spiro atoms. The number of carbonyl (C=O) groups excluding carboxylic acids is 4. The van der Waals surface area contributed by atoms with E-state index < -0.39 is 54.0 Å². The third-order valence-corrected chi connectivity index (χ3v) is 7.04. The Kier molecular flexibility index (Phi) is 12.7. The lowest BCUT2D eigenvalue weighted by atomic mass is 9.99. The number of nitrogens with two attached hydrogens (primary N) is 1. The van der Waals surface area contributed by atoms with Crippen molar-refractivity contribution in [1.29, 1.82) is 0 Å². The highest BCUT2D eigenvalue weighted by Gasteiger charge is 2.35.